The van der Waals surface area contributed by atoms with E-state index in [2.05, 4.69) is 38.2 Å². The predicted octanol–water partition coefficient (Wildman–Crippen LogP) is 6.50. The SMILES string of the molecule is CC=CC(CC(CCC=C(C)C)C1C(OC2CCCCO2)CC2C=C(C(COS(C)(=O)=O)C(OC)C(=O)OC)CC21)OC1CCCCO1. The molecule has 4 rings (SSSR count). The van der Waals surface area contributed by atoms with Crippen LogP contribution in [-0.4, -0.2) is 85.6 Å². The third-order valence-electron chi connectivity index (χ3n) is 10.4. The van der Waals surface area contributed by atoms with Gasteiger partial charge in [-0.1, -0.05) is 35.5 Å². The lowest BCUT2D eigenvalue weighted by molar-refractivity contribution is -0.203. The van der Waals surface area contributed by atoms with E-state index in [1.807, 2.05) is 6.92 Å². The molecule has 11 heteroatoms. The molecule has 274 valence electrons. The molecule has 10 nitrogen and oxygen atoms in total. The van der Waals surface area contributed by atoms with Crippen LogP contribution in [0.5, 0.6) is 0 Å². The monoisotopic (exact) mass is 696 g/mol. The van der Waals surface area contributed by atoms with Crippen molar-refractivity contribution in [1.82, 2.24) is 0 Å². The molecule has 2 aliphatic heterocycles. The van der Waals surface area contributed by atoms with Crippen LogP contribution in [0.3, 0.4) is 0 Å². The molecule has 3 fully saturated rings. The van der Waals surface area contributed by atoms with Crippen LogP contribution in [0.4, 0.5) is 0 Å². The zero-order valence-electron chi connectivity index (χ0n) is 30.0. The minimum Gasteiger partial charge on any atom is -0.467 e. The first-order chi connectivity index (χ1) is 23.0. The summed E-state index contributed by atoms with van der Waals surface area (Å²) in [6.45, 7) is 7.56. The van der Waals surface area contributed by atoms with Gasteiger partial charge in [0.1, 0.15) is 0 Å². The number of methoxy groups -OCH3 is 2. The average molecular weight is 697 g/mol. The van der Waals surface area contributed by atoms with Gasteiger partial charge in [-0.3, -0.25) is 4.18 Å². The Bertz CT molecular complexity index is 1200. The molecule has 0 N–H and O–H groups in total. The van der Waals surface area contributed by atoms with Gasteiger partial charge >= 0.3 is 5.97 Å². The zero-order chi connectivity index (χ0) is 34.7. The lowest BCUT2D eigenvalue weighted by Gasteiger charge is -2.37. The third-order valence-corrected chi connectivity index (χ3v) is 10.9. The van der Waals surface area contributed by atoms with Gasteiger partial charge in [0, 0.05) is 26.2 Å². The second-order valence-electron chi connectivity index (χ2n) is 14.2. The maximum atomic E-state index is 12.8. The summed E-state index contributed by atoms with van der Waals surface area (Å²) in [5, 5.41) is 0. The second kappa shape index (κ2) is 19.1. The van der Waals surface area contributed by atoms with Gasteiger partial charge in [-0.05, 0) is 115 Å². The molecule has 2 heterocycles. The summed E-state index contributed by atoms with van der Waals surface area (Å²) in [5.74, 6) is -0.260. The van der Waals surface area contributed by atoms with E-state index in [1.54, 1.807) is 0 Å². The summed E-state index contributed by atoms with van der Waals surface area (Å²) >= 11 is 0. The number of allylic oxidation sites excluding steroid dienone is 4. The average Bonchev–Trinajstić information content (AvgIpc) is 3.60. The van der Waals surface area contributed by atoms with Crippen molar-refractivity contribution >= 4 is 16.1 Å². The largest absolute Gasteiger partial charge is 0.467 e. The number of carbonyl (C=O) groups is 1. The summed E-state index contributed by atoms with van der Waals surface area (Å²) in [6.07, 6.45) is 18.7. The highest BCUT2D eigenvalue weighted by Gasteiger charge is 2.51. The van der Waals surface area contributed by atoms with Crippen LogP contribution in [-0.2, 0) is 47.5 Å². The van der Waals surface area contributed by atoms with Gasteiger partial charge in [0.05, 0.1) is 32.2 Å². The first kappa shape index (κ1) is 39.2. The number of hydrogen-bond acceptors (Lipinski definition) is 10. The molecule has 0 aromatic rings. The Morgan fingerprint density at radius 2 is 1.77 bits per heavy atom. The Kier molecular flexibility index (Phi) is 15.6. The standard InChI is InChI=1S/C37H60O10S/c1-7-13-29(46-33-16-8-10-18-43-33)21-26(15-12-14-25(2)3)35-30-22-27(20-28(30)23-32(35)47-34-17-9-11-19-44-34)31(24-45-48(6,39)40)36(41-4)37(38)42-5/h7,13-14,20,26,28-36H,8-12,15-19,21-24H2,1-6H3. The Hall–Kier alpha value is -1.60. The molecule has 48 heavy (non-hydrogen) atoms. The van der Waals surface area contributed by atoms with Crippen LogP contribution < -0.4 is 0 Å². The fourth-order valence-electron chi connectivity index (χ4n) is 8.23. The molecule has 0 spiro atoms. The fourth-order valence-corrected chi connectivity index (χ4v) is 8.62. The van der Waals surface area contributed by atoms with E-state index in [0.717, 1.165) is 89.3 Å². The fraction of sp³-hybridized carbons (Fsp3) is 0.811. The van der Waals surface area contributed by atoms with E-state index in [0.29, 0.717) is 6.42 Å². The highest BCUT2D eigenvalue weighted by molar-refractivity contribution is 7.85. The van der Waals surface area contributed by atoms with Gasteiger partial charge in [-0.2, -0.15) is 8.42 Å². The first-order valence-corrected chi connectivity index (χ1v) is 19.8. The number of esters is 1. The summed E-state index contributed by atoms with van der Waals surface area (Å²) in [7, 11) is -0.991. The second-order valence-corrected chi connectivity index (χ2v) is 15.8. The van der Waals surface area contributed by atoms with Crippen LogP contribution in [0.1, 0.15) is 91.4 Å². The minimum absolute atomic E-state index is 0.000613. The molecule has 10 unspecified atom stereocenters. The Balaban J connectivity index is 1.66. The molecule has 2 saturated heterocycles. The third kappa shape index (κ3) is 11.5. The molecule has 0 aromatic heterocycles. The van der Waals surface area contributed by atoms with E-state index in [1.165, 1.54) is 19.8 Å². The normalized spacial score (nSPS) is 30.3. The zero-order valence-corrected chi connectivity index (χ0v) is 30.8. The summed E-state index contributed by atoms with van der Waals surface area (Å²) in [6, 6.07) is 0. The molecule has 1 saturated carbocycles. The molecular formula is C37H60O10S. The van der Waals surface area contributed by atoms with Gasteiger partial charge in [-0.25, -0.2) is 4.79 Å². The Morgan fingerprint density at radius 3 is 2.35 bits per heavy atom. The number of hydrogen-bond donors (Lipinski definition) is 0. The lowest BCUT2D eigenvalue weighted by Crippen LogP contribution is -2.38. The van der Waals surface area contributed by atoms with E-state index in [9.17, 15) is 13.2 Å². The van der Waals surface area contributed by atoms with E-state index in [-0.39, 0.29) is 55.1 Å². The highest BCUT2D eigenvalue weighted by Crippen LogP contribution is 2.54. The maximum Gasteiger partial charge on any atom is 0.335 e. The summed E-state index contributed by atoms with van der Waals surface area (Å²) < 4.78 is 65.6. The van der Waals surface area contributed by atoms with Crippen molar-refractivity contribution in [2.45, 2.75) is 122 Å². The van der Waals surface area contributed by atoms with Crippen LogP contribution in [0, 0.1) is 29.6 Å². The van der Waals surface area contributed by atoms with Crippen molar-refractivity contribution in [2.24, 2.45) is 29.6 Å². The van der Waals surface area contributed by atoms with Crippen LogP contribution in [0.15, 0.2) is 35.5 Å². The van der Waals surface area contributed by atoms with Gasteiger partial charge in [0.2, 0.25) is 0 Å². The Labute approximate surface area is 289 Å². The molecule has 0 aromatic carbocycles. The van der Waals surface area contributed by atoms with Crippen molar-refractivity contribution in [1.29, 1.82) is 0 Å². The van der Waals surface area contributed by atoms with Gasteiger partial charge in [-0.15, -0.1) is 0 Å². The first-order valence-electron chi connectivity index (χ1n) is 18.0. The topological polar surface area (TPSA) is 116 Å². The van der Waals surface area contributed by atoms with E-state index >= 15 is 0 Å². The van der Waals surface area contributed by atoms with Crippen LogP contribution in [0.25, 0.3) is 0 Å². The molecule has 0 amide bonds. The predicted molar refractivity (Wildman–Crippen MR) is 183 cm³/mol. The van der Waals surface area contributed by atoms with Crippen molar-refractivity contribution in [3.05, 3.63) is 35.5 Å². The Morgan fingerprint density at radius 1 is 1.06 bits per heavy atom. The van der Waals surface area contributed by atoms with Crippen molar-refractivity contribution in [2.75, 3.05) is 40.3 Å². The van der Waals surface area contributed by atoms with Gasteiger partial charge in [0.15, 0.2) is 18.7 Å². The molecule has 0 bridgehead atoms. The molecule has 0 radical (unpaired) electrons. The van der Waals surface area contributed by atoms with Crippen molar-refractivity contribution < 1.29 is 45.8 Å². The van der Waals surface area contributed by atoms with Gasteiger partial charge < -0.3 is 28.4 Å². The number of rotatable bonds is 18. The molecule has 10 atom stereocenters. The van der Waals surface area contributed by atoms with Crippen molar-refractivity contribution in [3.8, 4) is 0 Å². The molecule has 4 aliphatic rings. The summed E-state index contributed by atoms with van der Waals surface area (Å²) in [4.78, 5) is 12.8. The highest BCUT2D eigenvalue weighted by atomic mass is 32.2. The molecule has 2 aliphatic carbocycles. The minimum atomic E-state index is -3.74. The maximum absolute atomic E-state index is 12.8. The van der Waals surface area contributed by atoms with Crippen molar-refractivity contribution in [3.63, 3.8) is 0 Å². The quantitative estimate of drug-likeness (QED) is 0.0894. The number of ether oxygens (including phenoxy) is 6. The van der Waals surface area contributed by atoms with Crippen LogP contribution >= 0.6 is 0 Å². The van der Waals surface area contributed by atoms with E-state index in [4.69, 9.17) is 32.6 Å². The van der Waals surface area contributed by atoms with E-state index < -0.39 is 28.1 Å². The number of carbonyl (C=O) groups excluding carboxylic acids is 1. The lowest BCUT2D eigenvalue weighted by atomic mass is 9.74. The smallest absolute Gasteiger partial charge is 0.335 e. The summed E-state index contributed by atoms with van der Waals surface area (Å²) in [5.41, 5.74) is 2.27. The molecular weight excluding hydrogens is 636 g/mol. The number of fused-ring (bicyclic) bond motifs is 1. The van der Waals surface area contributed by atoms with Crippen LogP contribution in [0.2, 0.25) is 0 Å². The van der Waals surface area contributed by atoms with Gasteiger partial charge in [0.25, 0.3) is 10.1 Å².